The summed E-state index contributed by atoms with van der Waals surface area (Å²) >= 11 is 0. The minimum Gasteiger partial charge on any atom is -0.353 e. The zero-order valence-electron chi connectivity index (χ0n) is 13.3. The lowest BCUT2D eigenvalue weighted by molar-refractivity contribution is -0.123. The van der Waals surface area contributed by atoms with Crippen molar-refractivity contribution in [2.24, 2.45) is 7.05 Å². The van der Waals surface area contributed by atoms with Crippen LogP contribution in [0.2, 0.25) is 0 Å². The van der Waals surface area contributed by atoms with E-state index < -0.39 is 0 Å². The van der Waals surface area contributed by atoms with Crippen molar-refractivity contribution in [2.75, 3.05) is 0 Å². The predicted molar refractivity (Wildman–Crippen MR) is 88.6 cm³/mol. The molecule has 0 radical (unpaired) electrons. The Bertz CT molecular complexity index is 698. The van der Waals surface area contributed by atoms with Crippen molar-refractivity contribution in [1.82, 2.24) is 20.7 Å². The van der Waals surface area contributed by atoms with E-state index in [2.05, 4.69) is 51.1 Å². The van der Waals surface area contributed by atoms with Gasteiger partial charge >= 0.3 is 0 Å². The summed E-state index contributed by atoms with van der Waals surface area (Å²) in [5.41, 5.74) is 10.3. The topological polar surface area (TPSA) is 58.1 Å². The van der Waals surface area contributed by atoms with E-state index >= 15 is 0 Å². The summed E-state index contributed by atoms with van der Waals surface area (Å²) in [5.74, 6) is 0.0898. The van der Waals surface area contributed by atoms with Crippen LogP contribution in [0.3, 0.4) is 0 Å². The van der Waals surface area contributed by atoms with Crippen molar-refractivity contribution in [3.8, 4) is 0 Å². The van der Waals surface area contributed by atoms with Crippen LogP contribution < -0.4 is 16.2 Å². The van der Waals surface area contributed by atoms with Gasteiger partial charge in [0, 0.05) is 25.0 Å². The van der Waals surface area contributed by atoms with Gasteiger partial charge in [-0.15, -0.1) is 0 Å². The van der Waals surface area contributed by atoms with Crippen molar-refractivity contribution in [2.45, 2.75) is 37.4 Å². The third-order valence-corrected chi connectivity index (χ3v) is 4.96. The summed E-state index contributed by atoms with van der Waals surface area (Å²) in [4.78, 5) is 12.5. The van der Waals surface area contributed by atoms with E-state index in [1.165, 1.54) is 16.8 Å². The molecular formula is C18H22N4O. The van der Waals surface area contributed by atoms with Crippen molar-refractivity contribution < 1.29 is 4.79 Å². The highest BCUT2D eigenvalue weighted by Crippen LogP contribution is 2.24. The van der Waals surface area contributed by atoms with Crippen molar-refractivity contribution in [3.05, 3.63) is 59.4 Å². The van der Waals surface area contributed by atoms with Gasteiger partial charge in [-0.05, 0) is 42.5 Å². The van der Waals surface area contributed by atoms with Crippen LogP contribution >= 0.6 is 0 Å². The molecule has 2 atom stereocenters. The Morgan fingerprint density at radius 2 is 1.87 bits per heavy atom. The summed E-state index contributed by atoms with van der Waals surface area (Å²) < 4.78 is 2.09. The molecular weight excluding hydrogens is 288 g/mol. The number of carbonyl (C=O) groups excluding carboxylic acids is 1. The molecule has 1 aromatic heterocycles. The SMILES string of the molecule is Cn1cccc1C1CC(C(=O)NC2Cc3ccccc3C2)NN1. The molecule has 1 aliphatic carbocycles. The second kappa shape index (κ2) is 5.83. The van der Waals surface area contributed by atoms with E-state index in [1.54, 1.807) is 0 Å². The average molecular weight is 310 g/mol. The first-order chi connectivity index (χ1) is 11.2. The van der Waals surface area contributed by atoms with Crippen molar-refractivity contribution in [3.63, 3.8) is 0 Å². The molecule has 0 spiro atoms. The molecule has 1 amide bonds. The summed E-state index contributed by atoms with van der Waals surface area (Å²) in [6.07, 6.45) is 4.66. The third-order valence-electron chi connectivity index (χ3n) is 4.96. The lowest BCUT2D eigenvalue weighted by Gasteiger charge is -2.15. The van der Waals surface area contributed by atoms with Gasteiger partial charge in [0.25, 0.3) is 0 Å². The Morgan fingerprint density at radius 3 is 2.52 bits per heavy atom. The van der Waals surface area contributed by atoms with E-state index in [1.807, 2.05) is 19.3 Å². The maximum Gasteiger partial charge on any atom is 0.238 e. The number of hydrogen-bond donors (Lipinski definition) is 3. The van der Waals surface area contributed by atoms with Crippen LogP contribution in [0.5, 0.6) is 0 Å². The number of hydrazine groups is 1. The zero-order valence-corrected chi connectivity index (χ0v) is 13.3. The monoisotopic (exact) mass is 310 g/mol. The molecule has 5 heteroatoms. The first-order valence-corrected chi connectivity index (χ1v) is 8.20. The van der Waals surface area contributed by atoms with Crippen LogP contribution in [-0.4, -0.2) is 22.6 Å². The zero-order chi connectivity index (χ0) is 15.8. The Balaban J connectivity index is 1.35. The van der Waals surface area contributed by atoms with E-state index in [0.717, 1.165) is 19.3 Å². The fourth-order valence-corrected chi connectivity index (χ4v) is 3.72. The van der Waals surface area contributed by atoms with E-state index in [4.69, 9.17) is 0 Å². The molecule has 2 aromatic rings. The maximum absolute atomic E-state index is 12.5. The third kappa shape index (κ3) is 2.78. The average Bonchev–Trinajstić information content (AvgIpc) is 3.24. The number of fused-ring (bicyclic) bond motifs is 1. The molecule has 1 fully saturated rings. The molecule has 1 aliphatic heterocycles. The normalized spacial score (nSPS) is 23.9. The fourth-order valence-electron chi connectivity index (χ4n) is 3.72. The number of carbonyl (C=O) groups is 1. The Hall–Kier alpha value is -2.11. The number of nitrogens with zero attached hydrogens (tertiary/aromatic N) is 1. The molecule has 0 bridgehead atoms. The van der Waals surface area contributed by atoms with E-state index in [0.29, 0.717) is 0 Å². The van der Waals surface area contributed by atoms with Crippen LogP contribution in [0.15, 0.2) is 42.6 Å². The van der Waals surface area contributed by atoms with Gasteiger partial charge in [0.15, 0.2) is 0 Å². The lowest BCUT2D eigenvalue weighted by atomic mass is 10.1. The predicted octanol–water partition coefficient (Wildman–Crippen LogP) is 1.22. The summed E-state index contributed by atoms with van der Waals surface area (Å²) in [5, 5.41) is 3.20. The van der Waals surface area contributed by atoms with Crippen molar-refractivity contribution >= 4 is 5.91 Å². The molecule has 4 rings (SSSR count). The highest BCUT2D eigenvalue weighted by molar-refractivity contribution is 5.82. The number of hydrogen-bond acceptors (Lipinski definition) is 3. The number of aryl methyl sites for hydroxylation is 1. The van der Waals surface area contributed by atoms with Gasteiger partial charge in [-0.1, -0.05) is 24.3 Å². The minimum atomic E-state index is -0.182. The molecule has 120 valence electrons. The standard InChI is InChI=1S/C18H22N4O/c1-22-8-4-7-17(22)15-11-16(21-20-15)18(23)19-14-9-12-5-2-3-6-13(12)10-14/h2-8,14-16,20-21H,9-11H2,1H3,(H,19,23). The highest BCUT2D eigenvalue weighted by atomic mass is 16.2. The first kappa shape index (κ1) is 14.5. The Morgan fingerprint density at radius 1 is 1.13 bits per heavy atom. The highest BCUT2D eigenvalue weighted by Gasteiger charge is 2.33. The van der Waals surface area contributed by atoms with Gasteiger partial charge in [0.05, 0.1) is 6.04 Å². The molecule has 1 saturated heterocycles. The number of amides is 1. The van der Waals surface area contributed by atoms with Gasteiger partial charge in [0.2, 0.25) is 5.91 Å². The molecule has 5 nitrogen and oxygen atoms in total. The summed E-state index contributed by atoms with van der Waals surface area (Å²) in [7, 11) is 2.03. The number of aromatic nitrogens is 1. The molecule has 2 unspecified atom stereocenters. The molecule has 0 saturated carbocycles. The van der Waals surface area contributed by atoms with Gasteiger partial charge in [-0.25, -0.2) is 10.9 Å². The van der Waals surface area contributed by atoms with Crippen LogP contribution in [0.4, 0.5) is 0 Å². The molecule has 1 aromatic carbocycles. The van der Waals surface area contributed by atoms with Crippen LogP contribution in [0.1, 0.15) is 29.3 Å². The Labute approximate surface area is 136 Å². The second-order valence-corrected chi connectivity index (χ2v) is 6.56. The van der Waals surface area contributed by atoms with Gasteiger partial charge < -0.3 is 9.88 Å². The maximum atomic E-state index is 12.5. The largest absolute Gasteiger partial charge is 0.353 e. The lowest BCUT2D eigenvalue weighted by Crippen LogP contribution is -2.47. The smallest absolute Gasteiger partial charge is 0.238 e. The van der Waals surface area contributed by atoms with Gasteiger partial charge in [-0.3, -0.25) is 4.79 Å². The molecule has 3 N–H and O–H groups in total. The Kier molecular flexibility index (Phi) is 3.67. The number of benzene rings is 1. The summed E-state index contributed by atoms with van der Waals surface area (Å²) in [6.45, 7) is 0. The van der Waals surface area contributed by atoms with Crippen LogP contribution in [0, 0.1) is 0 Å². The summed E-state index contributed by atoms with van der Waals surface area (Å²) in [6, 6.07) is 12.8. The van der Waals surface area contributed by atoms with Gasteiger partial charge in [-0.2, -0.15) is 0 Å². The minimum absolute atomic E-state index is 0.0898. The molecule has 2 aliphatic rings. The van der Waals surface area contributed by atoms with Crippen molar-refractivity contribution in [1.29, 1.82) is 0 Å². The number of nitrogens with one attached hydrogen (secondary N) is 3. The van der Waals surface area contributed by atoms with Gasteiger partial charge in [0.1, 0.15) is 6.04 Å². The quantitative estimate of drug-likeness (QED) is 0.799. The fraction of sp³-hybridized carbons (Fsp3) is 0.389. The molecule has 23 heavy (non-hydrogen) atoms. The van der Waals surface area contributed by atoms with E-state index in [9.17, 15) is 4.79 Å². The molecule has 2 heterocycles. The first-order valence-electron chi connectivity index (χ1n) is 8.20. The second-order valence-electron chi connectivity index (χ2n) is 6.56. The van der Waals surface area contributed by atoms with Crippen LogP contribution in [0.25, 0.3) is 0 Å². The van der Waals surface area contributed by atoms with E-state index in [-0.39, 0.29) is 24.0 Å². The number of rotatable bonds is 3. The van der Waals surface area contributed by atoms with Crippen LogP contribution in [-0.2, 0) is 24.7 Å².